The molecule has 3 unspecified atom stereocenters. The van der Waals surface area contributed by atoms with Gasteiger partial charge in [-0.15, -0.1) is 0 Å². The van der Waals surface area contributed by atoms with Crippen molar-refractivity contribution in [3.63, 3.8) is 0 Å². The molecule has 0 amide bonds. The molecule has 3 aliphatic rings. The summed E-state index contributed by atoms with van der Waals surface area (Å²) in [5, 5.41) is 18.2. The van der Waals surface area contributed by atoms with Crippen LogP contribution < -0.4 is 10.6 Å². The molecule has 13 heteroatoms. The number of aliphatic hydroxyl groups excluding tert-OH is 1. The molecule has 3 heterocycles. The summed E-state index contributed by atoms with van der Waals surface area (Å²) in [5.41, 5.74) is -0.626. The van der Waals surface area contributed by atoms with Gasteiger partial charge in [0.2, 0.25) is 0 Å². The average Bonchev–Trinajstić information content (AvgIpc) is 3.13. The Bertz CT molecular complexity index is 606. The van der Waals surface area contributed by atoms with Gasteiger partial charge >= 0.3 is 5.38 Å². The van der Waals surface area contributed by atoms with Gasteiger partial charge in [0.15, 0.2) is 11.8 Å². The summed E-state index contributed by atoms with van der Waals surface area (Å²) in [6, 6.07) is -0.765. The minimum Gasteiger partial charge on any atom is -0.378 e. The normalized spacial score (nSPS) is 29.6. The molecular weight excluding hydrogens is 402 g/mol. The third-order valence-corrected chi connectivity index (χ3v) is 5.22. The van der Waals surface area contributed by atoms with Crippen molar-refractivity contribution in [3.05, 3.63) is 11.4 Å². The quantitative estimate of drug-likeness (QED) is 0.422. The summed E-state index contributed by atoms with van der Waals surface area (Å²) in [6.45, 7) is 0.188. The van der Waals surface area contributed by atoms with Crippen LogP contribution in [0.25, 0.3) is 0 Å². The first kappa shape index (κ1) is 20.0. The molecule has 0 aromatic heterocycles. The largest absolute Gasteiger partial charge is 0.378 e. The third-order valence-electron chi connectivity index (χ3n) is 4.06. The predicted molar refractivity (Wildman–Crippen MR) is 88.6 cm³/mol. The van der Waals surface area contributed by atoms with Gasteiger partial charge in [0.25, 0.3) is 6.43 Å². The molecule has 0 aromatic carbocycles. The maximum Gasteiger partial charge on any atom is 0.323 e. The lowest BCUT2D eigenvalue weighted by Gasteiger charge is -2.23. The maximum absolute atomic E-state index is 13.4. The van der Waals surface area contributed by atoms with E-state index in [9.17, 15) is 22.7 Å². The zero-order valence-corrected chi connectivity index (χ0v) is 15.2. The summed E-state index contributed by atoms with van der Waals surface area (Å²) in [7, 11) is 1.50. The number of ether oxygens (including phenoxy) is 1. The number of allylic oxidation sites excluding steroid dienone is 1. The SMILES string of the molecule is COCC1=NN2C(CN3CC(CC(F)(F)Cl)NC3O)=C(C(F)F)NC2S1. The van der Waals surface area contributed by atoms with Crippen LogP contribution >= 0.6 is 23.4 Å². The lowest BCUT2D eigenvalue weighted by atomic mass is 10.2. The number of rotatable bonds is 7. The van der Waals surface area contributed by atoms with Crippen LogP contribution in [0.3, 0.4) is 0 Å². The molecule has 0 radical (unpaired) electrons. The Morgan fingerprint density at radius 2 is 2.23 bits per heavy atom. The summed E-state index contributed by atoms with van der Waals surface area (Å²) >= 11 is 6.18. The molecule has 0 spiro atoms. The first-order valence-corrected chi connectivity index (χ1v) is 8.98. The first-order chi connectivity index (χ1) is 12.2. The van der Waals surface area contributed by atoms with E-state index in [0.29, 0.717) is 5.04 Å². The highest BCUT2D eigenvalue weighted by Gasteiger charge is 2.43. The Kier molecular flexibility index (Phi) is 5.89. The molecule has 3 aliphatic heterocycles. The van der Waals surface area contributed by atoms with E-state index in [1.807, 2.05) is 0 Å². The number of halogens is 5. The molecule has 1 saturated heterocycles. The van der Waals surface area contributed by atoms with Gasteiger partial charge in [0.05, 0.1) is 12.3 Å². The number of methoxy groups -OCH3 is 1. The van der Waals surface area contributed by atoms with Crippen molar-refractivity contribution in [2.45, 2.75) is 36.1 Å². The van der Waals surface area contributed by atoms with Crippen molar-refractivity contribution in [1.82, 2.24) is 20.5 Å². The number of nitrogens with one attached hydrogen (secondary N) is 2. The van der Waals surface area contributed by atoms with Crippen molar-refractivity contribution >= 4 is 28.4 Å². The predicted octanol–water partition coefficient (Wildman–Crippen LogP) is 1.13. The van der Waals surface area contributed by atoms with E-state index in [4.69, 9.17) is 16.3 Å². The number of thioether (sulfide) groups is 1. The molecular formula is C13H18ClF4N5O2S. The second-order valence-corrected chi connectivity index (χ2v) is 7.74. The van der Waals surface area contributed by atoms with Gasteiger partial charge in [0, 0.05) is 32.7 Å². The molecule has 7 nitrogen and oxygen atoms in total. The van der Waals surface area contributed by atoms with Crippen LogP contribution in [0.2, 0.25) is 0 Å². The Labute approximate surface area is 156 Å². The van der Waals surface area contributed by atoms with Crippen LogP contribution in [0.15, 0.2) is 16.5 Å². The van der Waals surface area contributed by atoms with Crippen LogP contribution in [0.5, 0.6) is 0 Å². The van der Waals surface area contributed by atoms with Gasteiger partial charge in [0.1, 0.15) is 10.7 Å². The van der Waals surface area contributed by atoms with Crippen molar-refractivity contribution in [3.8, 4) is 0 Å². The molecule has 3 atom stereocenters. The first-order valence-electron chi connectivity index (χ1n) is 7.73. The number of nitrogens with zero attached hydrogens (tertiary/aromatic N) is 3. The van der Waals surface area contributed by atoms with Gasteiger partial charge in [-0.05, 0) is 11.6 Å². The smallest absolute Gasteiger partial charge is 0.323 e. The number of hydrogen-bond donors (Lipinski definition) is 3. The highest BCUT2D eigenvalue weighted by Crippen LogP contribution is 2.37. The number of aliphatic hydroxyl groups is 1. The fourth-order valence-electron chi connectivity index (χ4n) is 3.04. The van der Waals surface area contributed by atoms with E-state index in [-0.39, 0.29) is 31.1 Å². The Hall–Kier alpha value is -0.790. The van der Waals surface area contributed by atoms with E-state index >= 15 is 0 Å². The Morgan fingerprint density at radius 3 is 2.85 bits per heavy atom. The lowest BCUT2D eigenvalue weighted by molar-refractivity contribution is 0.0224. The minimum absolute atomic E-state index is 0.0315. The Morgan fingerprint density at radius 1 is 1.50 bits per heavy atom. The lowest BCUT2D eigenvalue weighted by Crippen LogP contribution is -2.39. The maximum atomic E-state index is 13.4. The fraction of sp³-hybridized carbons (Fsp3) is 0.769. The molecule has 3 rings (SSSR count). The van der Waals surface area contributed by atoms with Gasteiger partial charge in [-0.2, -0.15) is 13.9 Å². The van der Waals surface area contributed by atoms with E-state index in [0.717, 1.165) is 0 Å². The second-order valence-electron chi connectivity index (χ2n) is 6.03. The molecule has 3 N–H and O–H groups in total. The highest BCUT2D eigenvalue weighted by molar-refractivity contribution is 8.14. The van der Waals surface area contributed by atoms with E-state index in [2.05, 4.69) is 15.7 Å². The minimum atomic E-state index is -3.41. The number of alkyl halides is 5. The number of hydrazone groups is 1. The van der Waals surface area contributed by atoms with Gasteiger partial charge in [-0.1, -0.05) is 11.8 Å². The summed E-state index contributed by atoms with van der Waals surface area (Å²) in [4.78, 5) is 1.38. The molecule has 1 fully saturated rings. The molecule has 0 aliphatic carbocycles. The zero-order valence-electron chi connectivity index (χ0n) is 13.6. The number of fused-ring (bicyclic) bond motifs is 1. The monoisotopic (exact) mass is 419 g/mol. The summed E-state index contributed by atoms with van der Waals surface area (Å²) < 4.78 is 57.7. The summed E-state index contributed by atoms with van der Waals surface area (Å²) in [6.07, 6.45) is -4.69. The van der Waals surface area contributed by atoms with Gasteiger partial charge in [-0.3, -0.25) is 10.2 Å². The van der Waals surface area contributed by atoms with Crippen molar-refractivity contribution < 1.29 is 27.4 Å². The van der Waals surface area contributed by atoms with Crippen LogP contribution in [-0.2, 0) is 4.74 Å². The van der Waals surface area contributed by atoms with E-state index in [1.165, 1.54) is 28.8 Å². The highest BCUT2D eigenvalue weighted by atomic mass is 35.5. The van der Waals surface area contributed by atoms with Crippen LogP contribution in [0.4, 0.5) is 17.6 Å². The molecule has 0 bridgehead atoms. The van der Waals surface area contributed by atoms with Crippen LogP contribution in [0.1, 0.15) is 6.42 Å². The third kappa shape index (κ3) is 4.37. The van der Waals surface area contributed by atoms with Crippen molar-refractivity contribution in [2.75, 3.05) is 26.8 Å². The van der Waals surface area contributed by atoms with Gasteiger partial charge in [-0.25, -0.2) is 13.8 Å². The van der Waals surface area contributed by atoms with E-state index in [1.54, 1.807) is 0 Å². The molecule has 0 aromatic rings. The number of hydrogen-bond acceptors (Lipinski definition) is 8. The topological polar surface area (TPSA) is 72.4 Å². The van der Waals surface area contributed by atoms with Crippen molar-refractivity contribution in [2.24, 2.45) is 5.10 Å². The van der Waals surface area contributed by atoms with Crippen LogP contribution in [-0.4, -0.2) is 76.6 Å². The Balaban J connectivity index is 1.73. The summed E-state index contributed by atoms with van der Waals surface area (Å²) in [5.74, 6) is 0. The molecule has 0 saturated carbocycles. The standard InChI is InChI=1S/C13H18ClF4N5O2S/c1-25-5-8-21-23-7(9(10(15)16)20-12(23)26-8)4-22-3-6(19-11(22)24)2-13(14,17)18/h6,10-12,19-20,24H,2-5H2,1H3. The fourth-order valence-corrected chi connectivity index (χ4v) is 4.26. The molecule has 26 heavy (non-hydrogen) atoms. The van der Waals surface area contributed by atoms with Crippen molar-refractivity contribution in [1.29, 1.82) is 0 Å². The average molecular weight is 420 g/mol. The van der Waals surface area contributed by atoms with E-state index < -0.39 is 36.1 Å². The van der Waals surface area contributed by atoms with Crippen LogP contribution in [0, 0.1) is 0 Å². The second kappa shape index (κ2) is 7.68. The van der Waals surface area contributed by atoms with Gasteiger partial charge < -0.3 is 15.2 Å². The molecule has 148 valence electrons. The zero-order chi connectivity index (χ0) is 19.1.